The smallest absolute Gasteiger partial charge is 0.253 e. The average molecular weight is 719 g/mol. The molecule has 2 aromatic carbocycles. The van der Waals surface area contributed by atoms with Crippen LogP contribution in [-0.4, -0.2) is 96.6 Å². The molecule has 1 unspecified atom stereocenters. The first-order valence-electron chi connectivity index (χ1n) is 18.5. The van der Waals surface area contributed by atoms with Gasteiger partial charge in [-0.3, -0.25) is 14.1 Å². The highest BCUT2D eigenvalue weighted by Gasteiger charge is 2.42. The minimum absolute atomic E-state index is 0.286. The fourth-order valence-corrected chi connectivity index (χ4v) is 6.68. The number of nitrogens with two attached hydrogens (primary N) is 1. The Balaban J connectivity index is 1.10. The van der Waals surface area contributed by atoms with Gasteiger partial charge in [-0.15, -0.1) is 0 Å². The zero-order valence-corrected chi connectivity index (χ0v) is 31.6. The molecule has 1 atom stereocenters. The second-order valence-electron chi connectivity index (χ2n) is 14.8. The van der Waals surface area contributed by atoms with Gasteiger partial charge in [0.15, 0.2) is 0 Å². The van der Waals surface area contributed by atoms with Crippen LogP contribution in [0.3, 0.4) is 0 Å². The number of benzene rings is 2. The zero-order valence-electron chi connectivity index (χ0n) is 31.6. The van der Waals surface area contributed by atoms with Gasteiger partial charge in [-0.1, -0.05) is 31.5 Å². The normalized spacial score (nSPS) is 17.9. The maximum atomic E-state index is 13.8. The number of amides is 2. The lowest BCUT2D eigenvalue weighted by molar-refractivity contribution is -0.849. The molecule has 3 heterocycles. The van der Waals surface area contributed by atoms with Gasteiger partial charge in [-0.25, -0.2) is 15.0 Å². The number of unbranched alkanes of at least 4 members (excludes halogenated alkanes) is 1. The van der Waals surface area contributed by atoms with Crippen LogP contribution in [0.2, 0.25) is 0 Å². The van der Waals surface area contributed by atoms with Crippen LogP contribution in [0.15, 0.2) is 90.4 Å². The number of nitrogens with zero attached hydrogens (tertiary/aromatic N) is 6. The Bertz CT molecular complexity index is 1980. The third-order valence-electron chi connectivity index (χ3n) is 10.4. The van der Waals surface area contributed by atoms with E-state index in [0.717, 1.165) is 73.3 Å². The van der Waals surface area contributed by atoms with E-state index in [1.54, 1.807) is 25.4 Å². The number of hydrogen-bond acceptors (Lipinski definition) is 9. The van der Waals surface area contributed by atoms with Crippen molar-refractivity contribution in [2.45, 2.75) is 39.5 Å². The van der Waals surface area contributed by atoms with Gasteiger partial charge in [0.25, 0.3) is 5.91 Å². The van der Waals surface area contributed by atoms with Gasteiger partial charge in [0.2, 0.25) is 17.7 Å². The predicted molar refractivity (Wildman–Crippen MR) is 211 cm³/mol. The van der Waals surface area contributed by atoms with Crippen molar-refractivity contribution < 1.29 is 18.8 Å². The summed E-state index contributed by atoms with van der Waals surface area (Å²) in [5.74, 6) is 0.0255. The molecule has 278 valence electrons. The topological polar surface area (TPSA) is 139 Å². The number of ether oxygens (including phenoxy) is 1. The summed E-state index contributed by atoms with van der Waals surface area (Å²) in [5.41, 5.74) is 9.35. The van der Waals surface area contributed by atoms with Gasteiger partial charge in [0, 0.05) is 60.3 Å². The minimum Gasteiger partial charge on any atom is -0.471 e. The first kappa shape index (κ1) is 37.4. The fraction of sp³-hybridized carbons (Fsp3) is 0.390. The quantitative estimate of drug-likeness (QED) is 0.141. The Hall–Kier alpha value is -5.33. The Kier molecular flexibility index (Phi) is 11.4. The summed E-state index contributed by atoms with van der Waals surface area (Å²) in [6.45, 7) is 8.98. The number of likely N-dealkylation sites (N-methyl/N-ethyl adjacent to an activating group) is 2. The number of piperazine rings is 1. The van der Waals surface area contributed by atoms with E-state index in [-0.39, 0.29) is 12.0 Å². The summed E-state index contributed by atoms with van der Waals surface area (Å²) in [6.07, 6.45) is 10.2. The maximum absolute atomic E-state index is 13.8. The van der Waals surface area contributed by atoms with E-state index in [1.807, 2.05) is 36.4 Å². The van der Waals surface area contributed by atoms with Crippen LogP contribution >= 0.6 is 0 Å². The second-order valence-corrected chi connectivity index (χ2v) is 14.8. The molecular formula is C41H52N9O3+. The van der Waals surface area contributed by atoms with E-state index in [4.69, 9.17) is 15.5 Å². The van der Waals surface area contributed by atoms with E-state index in [0.29, 0.717) is 35.2 Å². The SMILES string of the molecule is CCCCc1cc2ccccc2c(OCC[N+](C)(C)C2=CCC(C)(C(N)=O)C(C(=O)Nc3cnc(Nc4ccc(N5CCN(C)CC5)cc4)nc3)=C2)n1. The van der Waals surface area contributed by atoms with Crippen molar-refractivity contribution in [3.05, 3.63) is 96.1 Å². The first-order chi connectivity index (χ1) is 25.4. The number of allylic oxidation sites excluding steroid dienone is 2. The number of carbonyl (C=O) groups excluding carboxylic acids is 2. The molecule has 1 saturated heterocycles. The Labute approximate surface area is 312 Å². The van der Waals surface area contributed by atoms with Gasteiger partial charge in [0.1, 0.15) is 18.8 Å². The molecule has 1 fully saturated rings. The number of pyridine rings is 1. The highest BCUT2D eigenvalue weighted by atomic mass is 16.5. The third-order valence-corrected chi connectivity index (χ3v) is 10.4. The Morgan fingerprint density at radius 3 is 2.42 bits per heavy atom. The molecule has 0 spiro atoms. The van der Waals surface area contributed by atoms with Crippen LogP contribution in [0.5, 0.6) is 5.88 Å². The molecule has 4 aromatic rings. The number of fused-ring (bicyclic) bond motifs is 1. The molecule has 6 rings (SSSR count). The van der Waals surface area contributed by atoms with Crippen molar-refractivity contribution in [1.82, 2.24) is 19.9 Å². The van der Waals surface area contributed by atoms with Crippen molar-refractivity contribution in [3.8, 4) is 5.88 Å². The summed E-state index contributed by atoms with van der Waals surface area (Å²) < 4.78 is 6.74. The van der Waals surface area contributed by atoms with Crippen molar-refractivity contribution in [3.63, 3.8) is 0 Å². The van der Waals surface area contributed by atoms with Crippen LogP contribution < -0.4 is 26.0 Å². The summed E-state index contributed by atoms with van der Waals surface area (Å²) in [6, 6.07) is 18.5. The molecule has 1 aliphatic heterocycles. The molecule has 12 nitrogen and oxygen atoms in total. The van der Waals surface area contributed by atoms with Crippen LogP contribution in [0.1, 0.15) is 38.8 Å². The number of aryl methyl sites for hydroxylation is 1. The largest absolute Gasteiger partial charge is 0.471 e. The third kappa shape index (κ3) is 8.83. The molecule has 1 aliphatic carbocycles. The molecule has 2 amide bonds. The Morgan fingerprint density at radius 2 is 1.72 bits per heavy atom. The summed E-state index contributed by atoms with van der Waals surface area (Å²) in [5, 5.41) is 8.20. The predicted octanol–water partition coefficient (Wildman–Crippen LogP) is 5.66. The number of carbonyl (C=O) groups is 2. The number of nitrogens with one attached hydrogen (secondary N) is 2. The number of anilines is 4. The molecule has 12 heteroatoms. The van der Waals surface area contributed by atoms with Gasteiger partial charge in [-0.05, 0) is 81.1 Å². The minimum atomic E-state index is -1.19. The molecule has 0 saturated carbocycles. The van der Waals surface area contributed by atoms with Gasteiger partial charge < -0.3 is 30.9 Å². The van der Waals surface area contributed by atoms with Crippen LogP contribution in [-0.2, 0) is 16.0 Å². The standard InChI is InChI=1S/C41H51N9O3/c1-6-7-11-31-25-29-10-8-9-12-35(29)38(46-31)53-24-23-50(4,5)34-17-18-41(2,39(42)52)36(26-34)37(51)45-32-27-43-40(44-28-32)47-30-13-15-33(16-14-30)49-21-19-48(3)20-22-49/h8-10,12-17,25-28H,6-7,11,18-24H2,1-5H3,(H3-,42,43,44,45,47,51,52)/p+1. The first-order valence-corrected chi connectivity index (χ1v) is 18.5. The lowest BCUT2D eigenvalue weighted by Crippen LogP contribution is -2.46. The van der Waals surface area contributed by atoms with E-state index in [2.05, 4.69) is 82.7 Å². The maximum Gasteiger partial charge on any atom is 0.253 e. The zero-order chi connectivity index (χ0) is 37.6. The average Bonchev–Trinajstić information content (AvgIpc) is 3.15. The number of quaternary nitrogens is 1. The van der Waals surface area contributed by atoms with E-state index < -0.39 is 17.2 Å². The molecular weight excluding hydrogens is 667 g/mol. The molecule has 2 aromatic heterocycles. The van der Waals surface area contributed by atoms with Crippen LogP contribution in [0.4, 0.5) is 23.0 Å². The molecule has 2 aliphatic rings. The second kappa shape index (κ2) is 16.1. The van der Waals surface area contributed by atoms with E-state index >= 15 is 0 Å². The lowest BCUT2D eigenvalue weighted by Gasteiger charge is -2.36. The highest BCUT2D eigenvalue weighted by molar-refractivity contribution is 6.09. The van der Waals surface area contributed by atoms with Gasteiger partial charge >= 0.3 is 0 Å². The fourth-order valence-electron chi connectivity index (χ4n) is 6.68. The summed E-state index contributed by atoms with van der Waals surface area (Å²) in [4.78, 5) is 45.0. The number of aromatic nitrogens is 3. The summed E-state index contributed by atoms with van der Waals surface area (Å²) in [7, 11) is 6.25. The van der Waals surface area contributed by atoms with Crippen molar-refractivity contribution in [1.29, 1.82) is 0 Å². The molecule has 0 radical (unpaired) electrons. The monoisotopic (exact) mass is 718 g/mol. The van der Waals surface area contributed by atoms with Gasteiger partial charge in [-0.2, -0.15) is 0 Å². The van der Waals surface area contributed by atoms with Crippen LogP contribution in [0.25, 0.3) is 10.8 Å². The highest BCUT2D eigenvalue weighted by Crippen LogP contribution is 2.39. The number of hydrogen-bond donors (Lipinski definition) is 3. The number of primary amides is 1. The van der Waals surface area contributed by atoms with E-state index in [1.165, 1.54) is 5.69 Å². The van der Waals surface area contributed by atoms with Crippen molar-refractivity contribution in [2.75, 3.05) is 76.0 Å². The van der Waals surface area contributed by atoms with E-state index in [9.17, 15) is 9.59 Å². The lowest BCUT2D eigenvalue weighted by atomic mass is 9.74. The van der Waals surface area contributed by atoms with Gasteiger partial charge in [0.05, 0.1) is 37.6 Å². The number of rotatable bonds is 14. The molecule has 53 heavy (non-hydrogen) atoms. The Morgan fingerprint density at radius 1 is 1.00 bits per heavy atom. The van der Waals surface area contributed by atoms with Crippen molar-refractivity contribution >= 4 is 45.6 Å². The van der Waals surface area contributed by atoms with Crippen molar-refractivity contribution in [2.24, 2.45) is 11.1 Å². The van der Waals surface area contributed by atoms with Crippen LogP contribution in [0, 0.1) is 5.41 Å². The summed E-state index contributed by atoms with van der Waals surface area (Å²) >= 11 is 0. The molecule has 0 bridgehead atoms. The molecule has 4 N–H and O–H groups in total.